The van der Waals surface area contributed by atoms with Crippen molar-refractivity contribution < 1.29 is 4.74 Å². The normalized spacial score (nSPS) is 11.0. The Hall–Kier alpha value is -2.31. The molecule has 3 rings (SSSR count). The third-order valence-corrected chi connectivity index (χ3v) is 3.97. The maximum atomic E-state index is 6.28. The summed E-state index contributed by atoms with van der Waals surface area (Å²) in [5, 5.41) is 12.6. The Morgan fingerprint density at radius 1 is 1.19 bits per heavy atom. The molecule has 2 heterocycles. The molecule has 8 heteroatoms. The van der Waals surface area contributed by atoms with Gasteiger partial charge in [-0.3, -0.25) is 0 Å². The molecule has 6 nitrogen and oxygen atoms in total. The minimum absolute atomic E-state index is 0.0627. The highest BCUT2D eigenvalue weighted by molar-refractivity contribution is 6.32. The highest BCUT2D eigenvalue weighted by atomic mass is 35.5. The number of pyridine rings is 1. The number of benzene rings is 1. The summed E-state index contributed by atoms with van der Waals surface area (Å²) >= 11 is 12.3. The Balaban J connectivity index is 1.70. The predicted octanol–water partition coefficient (Wildman–Crippen LogP) is 4.68. The van der Waals surface area contributed by atoms with E-state index in [2.05, 4.69) is 20.6 Å². The Kier molecular flexibility index (Phi) is 5.64. The molecule has 26 heavy (non-hydrogen) atoms. The lowest BCUT2D eigenvalue weighted by Crippen LogP contribution is -2.06. The number of anilines is 1. The van der Waals surface area contributed by atoms with E-state index in [9.17, 15) is 0 Å². The highest BCUT2D eigenvalue weighted by Crippen LogP contribution is 2.27. The predicted molar refractivity (Wildman–Crippen MR) is 103 cm³/mol. The zero-order valence-electron chi connectivity index (χ0n) is 14.7. The number of halogens is 2. The third kappa shape index (κ3) is 4.65. The van der Waals surface area contributed by atoms with Crippen LogP contribution in [0.25, 0.3) is 5.69 Å². The average molecular weight is 392 g/mol. The van der Waals surface area contributed by atoms with Gasteiger partial charge in [0.15, 0.2) is 0 Å². The van der Waals surface area contributed by atoms with Crippen molar-refractivity contribution in [1.82, 2.24) is 20.0 Å². The number of nitrogens with one attached hydrogen (secondary N) is 1. The summed E-state index contributed by atoms with van der Waals surface area (Å²) in [5.74, 6) is 0.650. The van der Waals surface area contributed by atoms with Crippen molar-refractivity contribution in [3.05, 3.63) is 58.1 Å². The topological polar surface area (TPSA) is 64.9 Å². The fourth-order valence-corrected chi connectivity index (χ4v) is 2.88. The zero-order chi connectivity index (χ0) is 18.7. The van der Waals surface area contributed by atoms with E-state index in [1.54, 1.807) is 16.8 Å². The number of aryl methyl sites for hydroxylation is 1. The second-order valence-electron chi connectivity index (χ2n) is 6.11. The lowest BCUT2D eigenvalue weighted by Gasteiger charge is -2.12. The number of ether oxygens (including phenoxy) is 1. The van der Waals surface area contributed by atoms with Crippen molar-refractivity contribution in [3.8, 4) is 11.4 Å². The van der Waals surface area contributed by atoms with Crippen LogP contribution in [0.15, 0.2) is 36.5 Å². The number of rotatable bonds is 6. The summed E-state index contributed by atoms with van der Waals surface area (Å²) in [6.45, 7) is 6.32. The molecule has 2 aromatic heterocycles. The van der Waals surface area contributed by atoms with E-state index < -0.39 is 0 Å². The van der Waals surface area contributed by atoms with Crippen LogP contribution in [-0.4, -0.2) is 26.1 Å². The van der Waals surface area contributed by atoms with Gasteiger partial charge in [-0.1, -0.05) is 28.4 Å². The third-order valence-electron chi connectivity index (χ3n) is 3.48. The van der Waals surface area contributed by atoms with Gasteiger partial charge in [-0.2, -0.15) is 0 Å². The Labute approximate surface area is 162 Å². The quantitative estimate of drug-likeness (QED) is 0.618. The summed E-state index contributed by atoms with van der Waals surface area (Å²) in [7, 11) is 0. The Morgan fingerprint density at radius 3 is 2.69 bits per heavy atom. The number of nitrogens with zero attached hydrogens (tertiary/aromatic N) is 4. The second kappa shape index (κ2) is 7.93. The number of hydrogen-bond acceptors (Lipinski definition) is 5. The van der Waals surface area contributed by atoms with Gasteiger partial charge in [0.25, 0.3) is 0 Å². The van der Waals surface area contributed by atoms with Gasteiger partial charge in [0.2, 0.25) is 0 Å². The molecule has 0 amide bonds. The molecule has 0 bridgehead atoms. The van der Waals surface area contributed by atoms with Gasteiger partial charge in [0.1, 0.15) is 16.6 Å². The summed E-state index contributed by atoms with van der Waals surface area (Å²) in [4.78, 5) is 4.14. The number of hydrogen-bond donors (Lipinski definition) is 1. The molecule has 3 aromatic rings. The van der Waals surface area contributed by atoms with E-state index in [0.717, 1.165) is 22.8 Å². The molecular weight excluding hydrogens is 373 g/mol. The van der Waals surface area contributed by atoms with Gasteiger partial charge in [-0.15, -0.1) is 5.10 Å². The van der Waals surface area contributed by atoms with Crippen molar-refractivity contribution in [1.29, 1.82) is 0 Å². The first-order valence-corrected chi connectivity index (χ1v) is 8.92. The molecule has 0 spiro atoms. The van der Waals surface area contributed by atoms with Crippen LogP contribution in [0, 0.1) is 6.92 Å². The minimum Gasteiger partial charge on any atom is -0.489 e. The summed E-state index contributed by atoms with van der Waals surface area (Å²) in [5.41, 5.74) is 3.33. The molecule has 0 atom stereocenters. The fraction of sp³-hybridized carbons (Fsp3) is 0.278. The molecule has 0 radical (unpaired) electrons. The van der Waals surface area contributed by atoms with E-state index >= 15 is 0 Å². The summed E-state index contributed by atoms with van der Waals surface area (Å²) in [6, 6.07) is 9.22. The molecule has 1 N–H and O–H groups in total. The van der Waals surface area contributed by atoms with E-state index in [4.69, 9.17) is 27.9 Å². The van der Waals surface area contributed by atoms with Crippen LogP contribution in [0.1, 0.15) is 25.2 Å². The van der Waals surface area contributed by atoms with Gasteiger partial charge in [-0.25, -0.2) is 9.67 Å². The second-order valence-corrected chi connectivity index (χ2v) is 6.90. The SMILES string of the molecule is Cc1cc(NCc2cn(-c3ccc(OC(C)C)c(Cl)c3)nn2)cc(Cl)n1. The van der Waals surface area contributed by atoms with E-state index in [0.29, 0.717) is 22.5 Å². The molecule has 0 saturated heterocycles. The summed E-state index contributed by atoms with van der Waals surface area (Å²) < 4.78 is 7.32. The number of aromatic nitrogens is 4. The molecule has 0 saturated carbocycles. The first-order valence-electron chi connectivity index (χ1n) is 8.16. The van der Waals surface area contributed by atoms with E-state index in [1.807, 2.05) is 45.2 Å². The lowest BCUT2D eigenvalue weighted by molar-refractivity contribution is 0.242. The van der Waals surface area contributed by atoms with Crippen LogP contribution in [0.5, 0.6) is 5.75 Å². The molecular formula is C18H19Cl2N5O. The first kappa shape index (κ1) is 18.5. The lowest BCUT2D eigenvalue weighted by atomic mass is 10.3. The minimum atomic E-state index is 0.0627. The smallest absolute Gasteiger partial charge is 0.138 e. The standard InChI is InChI=1S/C18H19Cl2N5O/c1-11(2)26-17-5-4-15(8-16(17)19)25-10-14(23-24-25)9-21-13-6-12(3)22-18(20)7-13/h4-8,10-11H,9H2,1-3H3,(H,21,22). The van der Waals surface area contributed by atoms with Gasteiger partial charge >= 0.3 is 0 Å². The van der Waals surface area contributed by atoms with E-state index in [1.165, 1.54) is 0 Å². The van der Waals surface area contributed by atoms with Gasteiger partial charge in [-0.05, 0) is 51.1 Å². The molecule has 1 aromatic carbocycles. The van der Waals surface area contributed by atoms with Crippen molar-refractivity contribution in [2.24, 2.45) is 0 Å². The monoisotopic (exact) mass is 391 g/mol. The van der Waals surface area contributed by atoms with Crippen molar-refractivity contribution >= 4 is 28.9 Å². The van der Waals surface area contributed by atoms with Crippen LogP contribution in [0.2, 0.25) is 10.2 Å². The van der Waals surface area contributed by atoms with Gasteiger partial charge in [0, 0.05) is 11.4 Å². The van der Waals surface area contributed by atoms with Crippen LogP contribution in [0.4, 0.5) is 5.69 Å². The van der Waals surface area contributed by atoms with Crippen molar-refractivity contribution in [3.63, 3.8) is 0 Å². The largest absolute Gasteiger partial charge is 0.489 e. The highest BCUT2D eigenvalue weighted by Gasteiger charge is 2.08. The van der Waals surface area contributed by atoms with Crippen LogP contribution >= 0.6 is 23.2 Å². The van der Waals surface area contributed by atoms with E-state index in [-0.39, 0.29) is 6.10 Å². The maximum absolute atomic E-state index is 6.28. The molecule has 0 aliphatic rings. The summed E-state index contributed by atoms with van der Waals surface area (Å²) in [6.07, 6.45) is 1.91. The van der Waals surface area contributed by atoms with Crippen LogP contribution < -0.4 is 10.1 Å². The molecule has 136 valence electrons. The molecule has 0 aliphatic heterocycles. The molecule has 0 unspecified atom stereocenters. The Morgan fingerprint density at radius 2 is 2.00 bits per heavy atom. The van der Waals surface area contributed by atoms with Gasteiger partial charge in [0.05, 0.1) is 29.6 Å². The van der Waals surface area contributed by atoms with Crippen molar-refractivity contribution in [2.45, 2.75) is 33.4 Å². The maximum Gasteiger partial charge on any atom is 0.138 e. The van der Waals surface area contributed by atoms with Crippen LogP contribution in [0.3, 0.4) is 0 Å². The first-order chi connectivity index (χ1) is 12.4. The molecule has 0 fully saturated rings. The molecule has 0 aliphatic carbocycles. The fourth-order valence-electron chi connectivity index (χ4n) is 2.41. The van der Waals surface area contributed by atoms with Gasteiger partial charge < -0.3 is 10.1 Å². The average Bonchev–Trinajstić information content (AvgIpc) is 3.02. The Bertz CT molecular complexity index is 890. The van der Waals surface area contributed by atoms with Crippen molar-refractivity contribution in [2.75, 3.05) is 5.32 Å². The van der Waals surface area contributed by atoms with Crippen LogP contribution in [-0.2, 0) is 6.54 Å². The zero-order valence-corrected chi connectivity index (χ0v) is 16.2.